The van der Waals surface area contributed by atoms with Gasteiger partial charge in [-0.2, -0.15) is 17.0 Å². The summed E-state index contributed by atoms with van der Waals surface area (Å²) in [7, 11) is -3.52. The van der Waals surface area contributed by atoms with Gasteiger partial charge in [-0.1, -0.05) is 11.6 Å². The van der Waals surface area contributed by atoms with E-state index in [-0.39, 0.29) is 12.2 Å². The van der Waals surface area contributed by atoms with Crippen molar-refractivity contribution in [1.29, 1.82) is 0 Å². The van der Waals surface area contributed by atoms with Crippen molar-refractivity contribution in [3.8, 4) is 0 Å². The molecule has 4 rings (SSSR count). The number of hydrogen-bond acceptors (Lipinski definition) is 6. The average molecular weight is 470 g/mol. The maximum Gasteiger partial charge on any atom is 0.336 e. The van der Waals surface area contributed by atoms with E-state index in [0.717, 1.165) is 16.5 Å². The second-order valence-corrected chi connectivity index (χ2v) is 10.8. The Morgan fingerprint density at radius 2 is 1.68 bits per heavy atom. The van der Waals surface area contributed by atoms with E-state index >= 15 is 0 Å². The fourth-order valence-electron chi connectivity index (χ4n) is 4.32. The van der Waals surface area contributed by atoms with E-state index in [1.807, 2.05) is 26.8 Å². The standard InChI is InChI=1S/C21H28ClN3O5S/c1-14-8-20-18(10-19(14)22)17(9-21(26)30-20)13-23-4-6-24(7-5-23)31(27,28)25-11-15(2)29-16(3)12-25/h8-10,15-16H,4-7,11-13H2,1-3H3. The molecular formula is C21H28ClN3O5S. The summed E-state index contributed by atoms with van der Waals surface area (Å²) in [6.45, 7) is 8.90. The molecule has 0 bridgehead atoms. The van der Waals surface area contributed by atoms with E-state index in [2.05, 4.69) is 4.90 Å². The highest BCUT2D eigenvalue weighted by molar-refractivity contribution is 7.86. The van der Waals surface area contributed by atoms with Gasteiger partial charge < -0.3 is 9.15 Å². The molecular weight excluding hydrogens is 442 g/mol. The van der Waals surface area contributed by atoms with Crippen molar-refractivity contribution in [1.82, 2.24) is 13.5 Å². The minimum Gasteiger partial charge on any atom is -0.423 e. The average Bonchev–Trinajstić information content (AvgIpc) is 2.69. The van der Waals surface area contributed by atoms with Gasteiger partial charge in [-0.3, -0.25) is 4.90 Å². The van der Waals surface area contributed by atoms with Gasteiger partial charge in [0.15, 0.2) is 0 Å². The lowest BCUT2D eigenvalue weighted by Gasteiger charge is -2.40. The summed E-state index contributed by atoms with van der Waals surface area (Å²) in [5, 5.41) is 1.43. The normalized spacial score (nSPS) is 24.6. The van der Waals surface area contributed by atoms with Crippen molar-refractivity contribution in [3.63, 3.8) is 0 Å². The molecule has 0 amide bonds. The zero-order valence-electron chi connectivity index (χ0n) is 18.0. The number of ether oxygens (including phenoxy) is 1. The summed E-state index contributed by atoms with van der Waals surface area (Å²) in [6.07, 6.45) is -0.235. The minimum atomic E-state index is -3.52. The fraction of sp³-hybridized carbons (Fsp3) is 0.571. The third-order valence-electron chi connectivity index (χ3n) is 5.87. The summed E-state index contributed by atoms with van der Waals surface area (Å²) in [5.41, 5.74) is 1.79. The van der Waals surface area contributed by atoms with Gasteiger partial charge in [0.25, 0.3) is 10.2 Å². The Balaban J connectivity index is 1.46. The summed E-state index contributed by atoms with van der Waals surface area (Å²) >= 11 is 6.29. The number of nitrogens with zero attached hydrogens (tertiary/aromatic N) is 3. The first-order valence-electron chi connectivity index (χ1n) is 10.5. The van der Waals surface area contributed by atoms with Crippen LogP contribution in [0.3, 0.4) is 0 Å². The molecule has 2 fully saturated rings. The van der Waals surface area contributed by atoms with Gasteiger partial charge in [0, 0.05) is 62.3 Å². The molecule has 2 aromatic rings. The van der Waals surface area contributed by atoms with Crippen LogP contribution in [0.15, 0.2) is 27.4 Å². The van der Waals surface area contributed by atoms with Crippen molar-refractivity contribution >= 4 is 32.8 Å². The second-order valence-electron chi connectivity index (χ2n) is 8.45. The molecule has 0 N–H and O–H groups in total. The second kappa shape index (κ2) is 8.80. The number of piperazine rings is 1. The van der Waals surface area contributed by atoms with Crippen LogP contribution in [-0.4, -0.2) is 73.4 Å². The highest BCUT2D eigenvalue weighted by atomic mass is 35.5. The highest BCUT2D eigenvalue weighted by Crippen LogP contribution is 2.26. The number of morpholine rings is 1. The first-order valence-corrected chi connectivity index (χ1v) is 12.3. The quantitative estimate of drug-likeness (QED) is 0.638. The van der Waals surface area contributed by atoms with Gasteiger partial charge in [-0.25, -0.2) is 4.79 Å². The third kappa shape index (κ3) is 4.81. The Hall–Kier alpha value is -1.49. The molecule has 0 saturated carbocycles. The van der Waals surface area contributed by atoms with Crippen LogP contribution < -0.4 is 5.63 Å². The van der Waals surface area contributed by atoms with Crippen LogP contribution in [0.1, 0.15) is 25.0 Å². The van der Waals surface area contributed by atoms with Gasteiger partial charge >= 0.3 is 5.63 Å². The molecule has 2 saturated heterocycles. The van der Waals surface area contributed by atoms with Crippen LogP contribution in [0.2, 0.25) is 5.02 Å². The summed E-state index contributed by atoms with van der Waals surface area (Å²) < 4.78 is 40.3. The Kier molecular flexibility index (Phi) is 6.44. The molecule has 10 heteroatoms. The Bertz CT molecular complexity index is 1120. The zero-order valence-corrected chi connectivity index (χ0v) is 19.6. The van der Waals surface area contributed by atoms with Gasteiger partial charge in [0.1, 0.15) is 5.58 Å². The van der Waals surface area contributed by atoms with Crippen molar-refractivity contribution in [3.05, 3.63) is 44.8 Å². The van der Waals surface area contributed by atoms with E-state index in [4.69, 9.17) is 20.8 Å². The number of fused-ring (bicyclic) bond motifs is 1. The summed E-state index contributed by atoms with van der Waals surface area (Å²) in [6, 6.07) is 5.09. The van der Waals surface area contributed by atoms with E-state index in [9.17, 15) is 13.2 Å². The fourth-order valence-corrected chi connectivity index (χ4v) is 6.23. The van der Waals surface area contributed by atoms with Gasteiger partial charge in [-0.05, 0) is 44.0 Å². The molecule has 2 aliphatic heterocycles. The monoisotopic (exact) mass is 469 g/mol. The lowest BCUT2D eigenvalue weighted by Crippen LogP contribution is -2.57. The van der Waals surface area contributed by atoms with Gasteiger partial charge in [0.05, 0.1) is 12.2 Å². The van der Waals surface area contributed by atoms with Crippen LogP contribution in [0, 0.1) is 6.92 Å². The minimum absolute atomic E-state index is 0.117. The highest BCUT2D eigenvalue weighted by Gasteiger charge is 2.36. The largest absolute Gasteiger partial charge is 0.423 e. The first kappa shape index (κ1) is 22.7. The number of aryl methyl sites for hydroxylation is 1. The van der Waals surface area contributed by atoms with Crippen LogP contribution >= 0.6 is 11.6 Å². The van der Waals surface area contributed by atoms with E-state index in [0.29, 0.717) is 56.4 Å². The maximum absolute atomic E-state index is 13.1. The Morgan fingerprint density at radius 3 is 2.32 bits per heavy atom. The third-order valence-corrected chi connectivity index (χ3v) is 8.25. The molecule has 0 spiro atoms. The smallest absolute Gasteiger partial charge is 0.336 e. The lowest BCUT2D eigenvalue weighted by atomic mass is 10.1. The molecule has 170 valence electrons. The molecule has 2 atom stereocenters. The SMILES string of the molecule is Cc1cc2oc(=O)cc(CN3CCN(S(=O)(=O)N4CC(C)OC(C)C4)CC3)c2cc1Cl. The number of rotatable bonds is 4. The molecule has 0 aliphatic carbocycles. The predicted octanol–water partition coefficient (Wildman–Crippen LogP) is 2.23. The van der Waals surface area contributed by atoms with Crippen LogP contribution in [-0.2, 0) is 21.5 Å². The Labute approximate surface area is 187 Å². The lowest BCUT2D eigenvalue weighted by molar-refractivity contribution is -0.0457. The zero-order chi connectivity index (χ0) is 22.3. The molecule has 1 aromatic carbocycles. The number of halogens is 1. The number of hydrogen-bond donors (Lipinski definition) is 0. The molecule has 0 radical (unpaired) electrons. The van der Waals surface area contributed by atoms with E-state index < -0.39 is 15.8 Å². The van der Waals surface area contributed by atoms with Crippen LogP contribution in [0.25, 0.3) is 11.0 Å². The predicted molar refractivity (Wildman–Crippen MR) is 120 cm³/mol. The molecule has 31 heavy (non-hydrogen) atoms. The number of benzene rings is 1. The molecule has 2 aliphatic rings. The molecule has 3 heterocycles. The summed E-state index contributed by atoms with van der Waals surface area (Å²) in [5.74, 6) is 0. The van der Waals surface area contributed by atoms with E-state index in [1.54, 1.807) is 10.4 Å². The van der Waals surface area contributed by atoms with Crippen molar-refractivity contribution in [2.24, 2.45) is 0 Å². The van der Waals surface area contributed by atoms with Crippen LogP contribution in [0.4, 0.5) is 0 Å². The molecule has 2 unspecified atom stereocenters. The topological polar surface area (TPSA) is 83.3 Å². The summed E-state index contributed by atoms with van der Waals surface area (Å²) in [4.78, 5) is 14.2. The van der Waals surface area contributed by atoms with Crippen LogP contribution in [0.5, 0.6) is 0 Å². The van der Waals surface area contributed by atoms with Gasteiger partial charge in [0.2, 0.25) is 0 Å². The van der Waals surface area contributed by atoms with Gasteiger partial charge in [-0.15, -0.1) is 0 Å². The van der Waals surface area contributed by atoms with E-state index in [1.165, 1.54) is 10.4 Å². The van der Waals surface area contributed by atoms with Crippen molar-refractivity contribution < 1.29 is 17.6 Å². The van der Waals surface area contributed by atoms with Crippen molar-refractivity contribution in [2.75, 3.05) is 39.3 Å². The Morgan fingerprint density at radius 1 is 1.03 bits per heavy atom. The molecule has 8 nitrogen and oxygen atoms in total. The first-order chi connectivity index (χ1) is 14.6. The molecule has 1 aromatic heterocycles. The van der Waals surface area contributed by atoms with Crippen molar-refractivity contribution in [2.45, 2.75) is 39.5 Å². The maximum atomic E-state index is 13.1.